The van der Waals surface area contributed by atoms with Crippen molar-refractivity contribution in [3.63, 3.8) is 0 Å². The summed E-state index contributed by atoms with van der Waals surface area (Å²) >= 11 is 0. The monoisotopic (exact) mass is 825 g/mol. The second kappa shape index (κ2) is 10.9. The molecular formula is C60H47N3O. The van der Waals surface area contributed by atoms with Gasteiger partial charge in [0.05, 0.1) is 28.9 Å². The van der Waals surface area contributed by atoms with Crippen molar-refractivity contribution in [2.24, 2.45) is 34.5 Å². The van der Waals surface area contributed by atoms with Crippen LogP contribution in [0.5, 0.6) is 0 Å². The van der Waals surface area contributed by atoms with Crippen LogP contribution >= 0.6 is 0 Å². The van der Waals surface area contributed by atoms with E-state index in [-0.39, 0.29) is 0 Å². The Bertz CT molecular complexity index is 3630. The molecule has 6 bridgehead atoms. The lowest BCUT2D eigenvalue weighted by atomic mass is 9.56. The Labute approximate surface area is 371 Å². The second-order valence-corrected chi connectivity index (χ2v) is 22.5. The number of fused-ring (bicyclic) bond motifs is 21. The van der Waals surface area contributed by atoms with E-state index < -0.39 is 0 Å². The minimum atomic E-state index is 0.567. The lowest BCUT2D eigenvalue weighted by molar-refractivity contribution is 0.00321. The number of hydrogen-bond donors (Lipinski definition) is 0. The zero-order chi connectivity index (χ0) is 40.9. The fourth-order valence-electron chi connectivity index (χ4n) is 18.3. The molecule has 0 aliphatic heterocycles. The zero-order valence-electron chi connectivity index (χ0n) is 35.9. The second-order valence-electron chi connectivity index (χ2n) is 22.5. The van der Waals surface area contributed by atoms with Crippen LogP contribution in [0.2, 0.25) is 0 Å². The molecule has 0 radical (unpaired) electrons. The maximum absolute atomic E-state index is 7.06. The van der Waals surface area contributed by atoms with Crippen LogP contribution in [-0.4, -0.2) is 14.4 Å². The molecule has 10 atom stereocenters. The molecule has 4 nitrogen and oxygen atoms in total. The topological polar surface area (TPSA) is 43.3 Å². The molecule has 10 unspecified atom stereocenters. The molecule has 5 aromatic carbocycles. The Morgan fingerprint density at radius 3 is 1.62 bits per heavy atom. The van der Waals surface area contributed by atoms with Gasteiger partial charge in [-0.15, -0.1) is 0 Å². The molecular weight excluding hydrogens is 779 g/mol. The van der Waals surface area contributed by atoms with E-state index in [1.807, 2.05) is 0 Å². The molecule has 6 fully saturated rings. The molecule has 0 saturated heterocycles. The van der Waals surface area contributed by atoms with Crippen LogP contribution in [0.3, 0.4) is 0 Å². The van der Waals surface area contributed by atoms with Crippen molar-refractivity contribution < 1.29 is 4.42 Å². The number of hydrogen-bond acceptors (Lipinski definition) is 3. The average molecular weight is 826 g/mol. The summed E-state index contributed by atoms with van der Waals surface area (Å²) in [5.74, 6) is 6.00. The molecule has 0 N–H and O–H groups in total. The summed E-state index contributed by atoms with van der Waals surface area (Å²) < 4.78 is 9.73. The minimum absolute atomic E-state index is 0.567. The van der Waals surface area contributed by atoms with Crippen LogP contribution in [0.1, 0.15) is 110 Å². The highest BCUT2D eigenvalue weighted by Crippen LogP contribution is 2.78. The smallest absolute Gasteiger partial charge is 0.143 e. The minimum Gasteiger partial charge on any atom is -0.455 e. The van der Waals surface area contributed by atoms with E-state index in [4.69, 9.17) is 14.4 Å². The van der Waals surface area contributed by atoms with Crippen molar-refractivity contribution in [3.8, 4) is 33.4 Å². The summed E-state index contributed by atoms with van der Waals surface area (Å²) in [6.45, 7) is 0. The van der Waals surface area contributed by atoms with Crippen molar-refractivity contribution in [1.29, 1.82) is 0 Å². The number of aromatic nitrogens is 3. The molecule has 308 valence electrons. The van der Waals surface area contributed by atoms with Crippen molar-refractivity contribution >= 4 is 60.0 Å². The van der Waals surface area contributed by atoms with E-state index in [0.717, 1.165) is 40.2 Å². The van der Waals surface area contributed by atoms with Gasteiger partial charge in [-0.3, -0.25) is 9.97 Å². The number of furan rings is 1. The van der Waals surface area contributed by atoms with Gasteiger partial charge in [-0.1, -0.05) is 78.9 Å². The van der Waals surface area contributed by atoms with E-state index in [2.05, 4.69) is 120 Å². The standard InChI is InChI=1S/C60H47N3O/c1-3-9-30(10-4-1)42-23-43-41-13-7-8-14-48(41)64-58(43)52(31-11-5-2-6-12-31)49(42)32-19-44-53-46(28-61-55-35-17-39-21-37-15-33(50(53)55)24-59(37,39)26-35)63-47-29-62-56-36-18-40-22-38-16-34(25-60(38,40)27-36)51(56)54(47)45(20-32)57(44)63/h1-14,19-20,23,28-29,33-40H,15-18,21-22,24-27H2. The van der Waals surface area contributed by atoms with Crippen LogP contribution in [-0.2, 0) is 0 Å². The number of para-hydroxylation sites is 1. The fraction of sp³-hybridized carbons (Fsp3) is 0.333. The Morgan fingerprint density at radius 2 is 1.02 bits per heavy atom. The van der Waals surface area contributed by atoms with Gasteiger partial charge >= 0.3 is 0 Å². The lowest BCUT2D eigenvalue weighted by Gasteiger charge is -2.48. The van der Waals surface area contributed by atoms with Gasteiger partial charge in [0, 0.05) is 66.7 Å². The highest BCUT2D eigenvalue weighted by Gasteiger charge is 2.67. The molecule has 8 aliphatic carbocycles. The summed E-state index contributed by atoms with van der Waals surface area (Å²) in [6.07, 6.45) is 18.4. The summed E-state index contributed by atoms with van der Waals surface area (Å²) in [6, 6.07) is 38.6. The Morgan fingerprint density at radius 1 is 0.484 bits per heavy atom. The third-order valence-corrected chi connectivity index (χ3v) is 20.5. The third kappa shape index (κ3) is 3.66. The molecule has 0 amide bonds. The zero-order valence-corrected chi connectivity index (χ0v) is 35.9. The first-order chi connectivity index (χ1) is 31.6. The van der Waals surface area contributed by atoms with Gasteiger partial charge in [-0.25, -0.2) is 0 Å². The summed E-state index contributed by atoms with van der Waals surface area (Å²) in [5.41, 5.74) is 20.5. The highest BCUT2D eigenvalue weighted by molar-refractivity contribution is 6.27. The van der Waals surface area contributed by atoms with Crippen LogP contribution in [0, 0.1) is 34.5 Å². The maximum Gasteiger partial charge on any atom is 0.143 e. The Balaban J connectivity index is 1.03. The number of pyridine rings is 2. The van der Waals surface area contributed by atoms with Gasteiger partial charge in [0.1, 0.15) is 11.2 Å². The summed E-state index contributed by atoms with van der Waals surface area (Å²) in [5, 5.41) is 8.15. The number of rotatable bonds is 3. The molecule has 5 heterocycles. The first kappa shape index (κ1) is 33.5. The Hall–Kier alpha value is -6.00. The lowest BCUT2D eigenvalue weighted by Crippen LogP contribution is -2.41. The predicted octanol–water partition coefficient (Wildman–Crippen LogP) is 15.3. The van der Waals surface area contributed by atoms with Crippen LogP contribution in [0.25, 0.3) is 93.4 Å². The van der Waals surface area contributed by atoms with Gasteiger partial charge in [0.2, 0.25) is 0 Å². The third-order valence-electron chi connectivity index (χ3n) is 20.5. The molecule has 2 spiro atoms. The highest BCUT2D eigenvalue weighted by atomic mass is 16.3. The van der Waals surface area contributed by atoms with Gasteiger partial charge in [0.25, 0.3) is 0 Å². The average Bonchev–Trinajstić information content (AvgIpc) is 4.17. The van der Waals surface area contributed by atoms with E-state index in [0.29, 0.717) is 34.5 Å². The van der Waals surface area contributed by atoms with E-state index in [9.17, 15) is 0 Å². The SMILES string of the molecule is c1ccc(-c2cc3c(oc4ccccc43)c(-c3ccccc3)c2-c2cc3c4c5c(ncc4n4c6cnc7c(c6c(c2)c34)C2CC3CC4CC7CC43C2)C2CC3CC4CC5CC34C2)cc1. The molecule has 5 aromatic heterocycles. The van der Waals surface area contributed by atoms with E-state index >= 15 is 0 Å². The maximum atomic E-state index is 7.06. The normalized spacial score (nSPS) is 32.2. The molecule has 6 saturated carbocycles. The van der Waals surface area contributed by atoms with Crippen molar-refractivity contribution in [2.75, 3.05) is 0 Å². The number of nitrogens with zero attached hydrogens (tertiary/aromatic N) is 3. The fourth-order valence-corrected chi connectivity index (χ4v) is 18.3. The molecule has 8 aliphatic rings. The Kier molecular flexibility index (Phi) is 5.71. The van der Waals surface area contributed by atoms with Crippen LogP contribution in [0.4, 0.5) is 0 Å². The quantitative estimate of drug-likeness (QED) is 0.178. The molecule has 18 rings (SSSR count). The summed E-state index contributed by atoms with van der Waals surface area (Å²) in [7, 11) is 0. The molecule has 10 aromatic rings. The largest absolute Gasteiger partial charge is 0.455 e. The van der Waals surface area contributed by atoms with Crippen molar-refractivity contribution in [2.45, 2.75) is 87.9 Å². The molecule has 64 heavy (non-hydrogen) atoms. The van der Waals surface area contributed by atoms with E-state index in [1.165, 1.54) is 152 Å². The molecule has 4 heteroatoms. The van der Waals surface area contributed by atoms with Crippen LogP contribution in [0.15, 0.2) is 120 Å². The van der Waals surface area contributed by atoms with Crippen LogP contribution < -0.4 is 0 Å². The van der Waals surface area contributed by atoms with Gasteiger partial charge in [0.15, 0.2) is 0 Å². The van der Waals surface area contributed by atoms with Gasteiger partial charge < -0.3 is 8.82 Å². The van der Waals surface area contributed by atoms with Crippen molar-refractivity contribution in [3.05, 3.63) is 138 Å². The predicted molar refractivity (Wildman–Crippen MR) is 256 cm³/mol. The summed E-state index contributed by atoms with van der Waals surface area (Å²) in [4.78, 5) is 11.3. The van der Waals surface area contributed by atoms with Gasteiger partial charge in [-0.05, 0) is 168 Å². The van der Waals surface area contributed by atoms with E-state index in [1.54, 1.807) is 11.1 Å². The number of benzene rings is 5. The van der Waals surface area contributed by atoms with Gasteiger partial charge in [-0.2, -0.15) is 0 Å². The first-order valence-corrected chi connectivity index (χ1v) is 24.8. The van der Waals surface area contributed by atoms with Crippen molar-refractivity contribution in [1.82, 2.24) is 14.4 Å². The first-order valence-electron chi connectivity index (χ1n) is 24.8.